The van der Waals surface area contributed by atoms with Crippen LogP contribution < -0.4 is 0 Å². The highest BCUT2D eigenvalue weighted by atomic mass is 32.2. The summed E-state index contributed by atoms with van der Waals surface area (Å²) in [5, 5.41) is 20.1. The Morgan fingerprint density at radius 2 is 1.46 bits per heavy atom. The van der Waals surface area contributed by atoms with E-state index in [4.69, 9.17) is 9.47 Å². The molecule has 2 atom stereocenters. The van der Waals surface area contributed by atoms with Crippen molar-refractivity contribution in [2.24, 2.45) is 21.7 Å². The average Bonchev–Trinajstić information content (AvgIpc) is 2.87. The van der Waals surface area contributed by atoms with Crippen LogP contribution in [-0.4, -0.2) is 36.7 Å². The minimum absolute atomic E-state index is 0.0195. The molecule has 0 bridgehead atoms. The van der Waals surface area contributed by atoms with Crippen LogP contribution in [0.25, 0.3) is 0 Å². The van der Waals surface area contributed by atoms with Crippen LogP contribution in [0.5, 0.6) is 0 Å². The third kappa shape index (κ3) is 1.57. The zero-order valence-corrected chi connectivity index (χ0v) is 15.7. The van der Waals surface area contributed by atoms with Crippen molar-refractivity contribution >= 4 is 23.7 Å². The molecule has 6 nitrogen and oxygen atoms in total. The van der Waals surface area contributed by atoms with Gasteiger partial charge in [-0.1, -0.05) is 27.7 Å². The summed E-state index contributed by atoms with van der Waals surface area (Å²) in [6.45, 7) is 7.85. The standard InChI is InChI=1S/C17H22N2O4S/c1-13(2)7-14(3,4)17(13)16(9-19,12(21)23-6)15(8-18,10-24-17)11(20)22-5/h7,10H2,1-6H3/t15-,16-/m1/s1. The molecule has 1 spiro atoms. The van der Waals surface area contributed by atoms with Gasteiger partial charge in [-0.2, -0.15) is 10.5 Å². The van der Waals surface area contributed by atoms with Crippen LogP contribution in [0, 0.1) is 44.3 Å². The third-order valence-electron chi connectivity index (χ3n) is 5.85. The second-order valence-electron chi connectivity index (χ2n) is 7.78. The number of hydrogen-bond donors (Lipinski definition) is 0. The summed E-state index contributed by atoms with van der Waals surface area (Å²) in [5.41, 5.74) is -4.70. The Morgan fingerprint density at radius 3 is 1.79 bits per heavy atom. The van der Waals surface area contributed by atoms with Gasteiger partial charge in [-0.25, -0.2) is 0 Å². The molecule has 7 heteroatoms. The average molecular weight is 350 g/mol. The van der Waals surface area contributed by atoms with Crippen LogP contribution in [0.4, 0.5) is 0 Å². The molecule has 130 valence electrons. The molecule has 0 aromatic carbocycles. The molecule has 0 aromatic heterocycles. The van der Waals surface area contributed by atoms with E-state index in [0.717, 1.165) is 13.5 Å². The lowest BCUT2D eigenvalue weighted by atomic mass is 9.37. The van der Waals surface area contributed by atoms with Crippen molar-refractivity contribution < 1.29 is 19.1 Å². The summed E-state index contributed by atoms with van der Waals surface area (Å²) in [6, 6.07) is 4.04. The number of rotatable bonds is 2. The number of nitrogens with zero attached hydrogens (tertiary/aromatic N) is 2. The van der Waals surface area contributed by atoms with E-state index in [0.29, 0.717) is 0 Å². The summed E-state index contributed by atoms with van der Waals surface area (Å²) in [7, 11) is 2.34. The van der Waals surface area contributed by atoms with E-state index < -0.39 is 38.3 Å². The van der Waals surface area contributed by atoms with Gasteiger partial charge in [0.25, 0.3) is 0 Å². The molecule has 0 aromatic rings. The quantitative estimate of drug-likeness (QED) is 0.704. The van der Waals surface area contributed by atoms with Gasteiger partial charge in [-0.05, 0) is 17.3 Å². The highest BCUT2D eigenvalue weighted by Crippen LogP contribution is 2.81. The predicted molar refractivity (Wildman–Crippen MR) is 87.5 cm³/mol. The van der Waals surface area contributed by atoms with E-state index >= 15 is 0 Å². The van der Waals surface area contributed by atoms with Crippen LogP contribution in [0.3, 0.4) is 0 Å². The first-order valence-electron chi connectivity index (χ1n) is 7.63. The Hall–Kier alpha value is -1.73. The van der Waals surface area contributed by atoms with Gasteiger partial charge >= 0.3 is 11.9 Å². The van der Waals surface area contributed by atoms with Crippen LogP contribution in [0.1, 0.15) is 34.1 Å². The maximum absolute atomic E-state index is 12.9. The van der Waals surface area contributed by atoms with Crippen molar-refractivity contribution in [1.29, 1.82) is 10.5 Å². The first-order chi connectivity index (χ1) is 11.0. The molecule has 0 N–H and O–H groups in total. The van der Waals surface area contributed by atoms with Crippen molar-refractivity contribution in [3.63, 3.8) is 0 Å². The Balaban J connectivity index is 2.93. The van der Waals surface area contributed by atoms with Gasteiger partial charge in [0.05, 0.1) is 31.1 Å². The second kappa shape index (κ2) is 5.13. The van der Waals surface area contributed by atoms with Crippen molar-refractivity contribution in [2.75, 3.05) is 20.0 Å². The van der Waals surface area contributed by atoms with Crippen molar-refractivity contribution in [1.82, 2.24) is 0 Å². The third-order valence-corrected chi connectivity index (χ3v) is 8.27. The summed E-state index contributed by atoms with van der Waals surface area (Å²) >= 11 is 1.35. The van der Waals surface area contributed by atoms with Gasteiger partial charge in [0.2, 0.25) is 0 Å². The van der Waals surface area contributed by atoms with Gasteiger partial charge < -0.3 is 9.47 Å². The number of thioether (sulfide) groups is 1. The summed E-state index contributed by atoms with van der Waals surface area (Å²) in [4.78, 5) is 25.5. The summed E-state index contributed by atoms with van der Waals surface area (Å²) in [5.74, 6) is -1.69. The number of nitriles is 2. The van der Waals surface area contributed by atoms with Gasteiger partial charge in [0.15, 0.2) is 10.8 Å². The second-order valence-corrected chi connectivity index (χ2v) is 8.97. The smallest absolute Gasteiger partial charge is 0.330 e. The van der Waals surface area contributed by atoms with Gasteiger partial charge in [-0.15, -0.1) is 11.8 Å². The zero-order valence-electron chi connectivity index (χ0n) is 14.8. The molecule has 2 fully saturated rings. The number of ether oxygens (including phenoxy) is 2. The molecule has 1 heterocycles. The number of carbonyl (C=O) groups excluding carboxylic acids is 2. The van der Waals surface area contributed by atoms with E-state index in [-0.39, 0.29) is 5.75 Å². The van der Waals surface area contributed by atoms with Crippen LogP contribution in [0.15, 0.2) is 0 Å². The number of carbonyl (C=O) groups is 2. The molecule has 0 unspecified atom stereocenters. The normalized spacial score (nSPS) is 34.5. The fourth-order valence-corrected chi connectivity index (χ4v) is 7.82. The topological polar surface area (TPSA) is 100 Å². The Labute approximate surface area is 146 Å². The number of esters is 2. The molecule has 2 aliphatic rings. The van der Waals surface area contributed by atoms with Gasteiger partial charge in [-0.3, -0.25) is 9.59 Å². The van der Waals surface area contributed by atoms with Gasteiger partial charge in [0.1, 0.15) is 0 Å². The van der Waals surface area contributed by atoms with E-state index in [1.807, 2.05) is 33.8 Å². The lowest BCUT2D eigenvalue weighted by molar-refractivity contribution is -0.187. The maximum atomic E-state index is 12.9. The van der Waals surface area contributed by atoms with E-state index in [9.17, 15) is 20.1 Å². The van der Waals surface area contributed by atoms with Crippen molar-refractivity contribution in [3.05, 3.63) is 0 Å². The summed E-state index contributed by atoms with van der Waals surface area (Å²) < 4.78 is 8.88. The largest absolute Gasteiger partial charge is 0.468 e. The molecule has 2 rings (SSSR count). The summed E-state index contributed by atoms with van der Waals surface area (Å²) in [6.07, 6.45) is 0.760. The minimum atomic E-state index is -1.94. The highest BCUT2D eigenvalue weighted by Gasteiger charge is 2.88. The first-order valence-corrected chi connectivity index (χ1v) is 8.62. The molecular weight excluding hydrogens is 328 g/mol. The van der Waals surface area contributed by atoms with Gasteiger partial charge in [0, 0.05) is 5.75 Å². The Kier molecular flexibility index (Phi) is 3.98. The highest BCUT2D eigenvalue weighted by molar-refractivity contribution is 8.01. The fraction of sp³-hybridized carbons (Fsp3) is 0.765. The van der Waals surface area contributed by atoms with Crippen LogP contribution in [-0.2, 0) is 19.1 Å². The molecule has 1 saturated heterocycles. The molecule has 0 radical (unpaired) electrons. The van der Waals surface area contributed by atoms with Crippen molar-refractivity contribution in [2.45, 2.75) is 38.9 Å². The molecule has 0 amide bonds. The first kappa shape index (κ1) is 18.6. The minimum Gasteiger partial charge on any atom is -0.468 e. The predicted octanol–water partition coefficient (Wildman–Crippen LogP) is 2.29. The van der Waals surface area contributed by atoms with Crippen LogP contribution in [0.2, 0.25) is 0 Å². The SMILES string of the molecule is COC(=O)[C@@]1(C#N)C2(SC[C@]1(C#N)C(=O)OC)C(C)(C)CC2(C)C. The molecular formula is C17H22N2O4S. The molecule has 1 aliphatic carbocycles. The van der Waals surface area contributed by atoms with E-state index in [1.165, 1.54) is 18.9 Å². The van der Waals surface area contributed by atoms with Crippen LogP contribution >= 0.6 is 11.8 Å². The zero-order chi connectivity index (χ0) is 18.6. The molecule has 24 heavy (non-hydrogen) atoms. The maximum Gasteiger partial charge on any atom is 0.330 e. The lowest BCUT2D eigenvalue weighted by Gasteiger charge is -2.69. The molecule has 1 aliphatic heterocycles. The van der Waals surface area contributed by atoms with E-state index in [1.54, 1.807) is 0 Å². The monoisotopic (exact) mass is 350 g/mol. The number of hydrogen-bond acceptors (Lipinski definition) is 7. The number of methoxy groups -OCH3 is 2. The fourth-order valence-electron chi connectivity index (χ4n) is 5.54. The Bertz CT molecular complexity index is 674. The van der Waals surface area contributed by atoms with Crippen molar-refractivity contribution in [3.8, 4) is 12.1 Å². The Morgan fingerprint density at radius 1 is 0.958 bits per heavy atom. The molecule has 1 saturated carbocycles. The lowest BCUT2D eigenvalue weighted by Crippen LogP contribution is -2.75. The van der Waals surface area contributed by atoms with E-state index in [2.05, 4.69) is 6.07 Å².